The van der Waals surface area contributed by atoms with E-state index >= 15 is 0 Å². The van der Waals surface area contributed by atoms with Crippen LogP contribution in [-0.2, 0) is 23.1 Å². The summed E-state index contributed by atoms with van der Waals surface area (Å²) in [5.74, 6) is 0.497. The van der Waals surface area contributed by atoms with Crippen molar-refractivity contribution in [2.24, 2.45) is 7.05 Å². The van der Waals surface area contributed by atoms with Crippen LogP contribution in [0.3, 0.4) is 0 Å². The number of fused-ring (bicyclic) bond motifs is 1. The third kappa shape index (κ3) is 2.32. The molecule has 2 aromatic rings. The SMILES string of the molecule is COCCOCCn1c(N)nc2c(C)nn(C)c21. The van der Waals surface area contributed by atoms with Gasteiger partial charge in [0.15, 0.2) is 5.65 Å². The van der Waals surface area contributed by atoms with Gasteiger partial charge in [-0.05, 0) is 6.92 Å². The molecule has 18 heavy (non-hydrogen) atoms. The Kier molecular flexibility index (Phi) is 3.83. The first-order valence-electron chi connectivity index (χ1n) is 5.87. The second kappa shape index (κ2) is 5.36. The Hall–Kier alpha value is -1.60. The van der Waals surface area contributed by atoms with Gasteiger partial charge in [-0.3, -0.25) is 9.25 Å². The summed E-state index contributed by atoms with van der Waals surface area (Å²) in [5.41, 5.74) is 8.58. The summed E-state index contributed by atoms with van der Waals surface area (Å²) in [7, 11) is 3.54. The van der Waals surface area contributed by atoms with E-state index in [1.165, 1.54) is 0 Å². The Bertz CT molecular complexity index is 531. The Morgan fingerprint density at radius 2 is 2.06 bits per heavy atom. The van der Waals surface area contributed by atoms with Gasteiger partial charge in [-0.15, -0.1) is 0 Å². The molecule has 2 N–H and O–H groups in total. The Morgan fingerprint density at radius 3 is 2.78 bits per heavy atom. The topological polar surface area (TPSA) is 80.1 Å². The summed E-state index contributed by atoms with van der Waals surface area (Å²) in [6.45, 7) is 4.33. The highest BCUT2D eigenvalue weighted by molar-refractivity contribution is 5.77. The van der Waals surface area contributed by atoms with Gasteiger partial charge in [-0.2, -0.15) is 5.10 Å². The van der Waals surface area contributed by atoms with Gasteiger partial charge < -0.3 is 15.2 Å². The van der Waals surface area contributed by atoms with Crippen molar-refractivity contribution in [3.05, 3.63) is 5.69 Å². The van der Waals surface area contributed by atoms with Gasteiger partial charge in [0.05, 0.1) is 32.1 Å². The van der Waals surface area contributed by atoms with Crippen LogP contribution in [-0.4, -0.2) is 46.3 Å². The van der Waals surface area contributed by atoms with Crippen molar-refractivity contribution in [3.8, 4) is 0 Å². The number of aryl methyl sites for hydroxylation is 2. The Labute approximate surface area is 105 Å². The minimum Gasteiger partial charge on any atom is -0.382 e. The molecule has 2 heterocycles. The van der Waals surface area contributed by atoms with Crippen molar-refractivity contribution >= 4 is 17.1 Å². The molecule has 0 spiro atoms. The average Bonchev–Trinajstić information content (AvgIpc) is 2.79. The van der Waals surface area contributed by atoms with Gasteiger partial charge in [0, 0.05) is 14.2 Å². The molecule has 0 aromatic carbocycles. The van der Waals surface area contributed by atoms with Crippen LogP contribution < -0.4 is 5.73 Å². The van der Waals surface area contributed by atoms with E-state index in [1.807, 2.05) is 18.5 Å². The predicted octanol–water partition coefficient (Wildman–Crippen LogP) is 0.323. The maximum absolute atomic E-state index is 5.91. The van der Waals surface area contributed by atoms with Gasteiger partial charge in [0.1, 0.15) is 5.52 Å². The molecule has 7 heteroatoms. The molecule has 100 valence electrons. The van der Waals surface area contributed by atoms with E-state index in [2.05, 4.69) is 10.1 Å². The summed E-state index contributed by atoms with van der Waals surface area (Å²) in [6.07, 6.45) is 0. The fourth-order valence-electron chi connectivity index (χ4n) is 1.97. The van der Waals surface area contributed by atoms with E-state index < -0.39 is 0 Å². The number of nitrogens with zero attached hydrogens (tertiary/aromatic N) is 4. The molecule has 0 aliphatic heterocycles. The zero-order chi connectivity index (χ0) is 13.1. The molecule has 0 saturated carbocycles. The largest absolute Gasteiger partial charge is 0.382 e. The third-order valence-corrected chi connectivity index (χ3v) is 2.81. The van der Waals surface area contributed by atoms with E-state index in [4.69, 9.17) is 15.2 Å². The zero-order valence-corrected chi connectivity index (χ0v) is 11.0. The molecule has 2 rings (SSSR count). The number of nitrogen functional groups attached to an aromatic ring is 1. The molecular weight excluding hydrogens is 234 g/mol. The molecule has 0 aliphatic rings. The number of ether oxygens (including phenoxy) is 2. The molecule has 0 unspecified atom stereocenters. The van der Waals surface area contributed by atoms with Gasteiger partial charge in [0.2, 0.25) is 5.95 Å². The lowest BCUT2D eigenvalue weighted by Crippen LogP contribution is -2.12. The van der Waals surface area contributed by atoms with Crippen LogP contribution >= 0.6 is 0 Å². The first-order valence-corrected chi connectivity index (χ1v) is 5.87. The Balaban J connectivity index is 2.10. The monoisotopic (exact) mass is 253 g/mol. The third-order valence-electron chi connectivity index (χ3n) is 2.81. The molecule has 2 aromatic heterocycles. The highest BCUT2D eigenvalue weighted by Crippen LogP contribution is 2.19. The minimum absolute atomic E-state index is 0.497. The fourth-order valence-corrected chi connectivity index (χ4v) is 1.97. The van der Waals surface area contributed by atoms with E-state index in [0.29, 0.717) is 32.3 Å². The van der Waals surface area contributed by atoms with Crippen LogP contribution in [0.1, 0.15) is 5.69 Å². The zero-order valence-electron chi connectivity index (χ0n) is 11.0. The normalized spacial score (nSPS) is 11.5. The maximum Gasteiger partial charge on any atom is 0.202 e. The highest BCUT2D eigenvalue weighted by Gasteiger charge is 2.15. The number of rotatable bonds is 6. The van der Waals surface area contributed by atoms with E-state index in [1.54, 1.807) is 11.8 Å². The number of hydrogen-bond donors (Lipinski definition) is 1. The van der Waals surface area contributed by atoms with Crippen molar-refractivity contribution < 1.29 is 9.47 Å². The molecule has 0 fully saturated rings. The minimum atomic E-state index is 0.497. The van der Waals surface area contributed by atoms with E-state index in [9.17, 15) is 0 Å². The molecule has 0 radical (unpaired) electrons. The summed E-state index contributed by atoms with van der Waals surface area (Å²) in [5, 5.41) is 4.33. The van der Waals surface area contributed by atoms with Crippen molar-refractivity contribution in [1.29, 1.82) is 0 Å². The van der Waals surface area contributed by atoms with Crippen LogP contribution in [0.5, 0.6) is 0 Å². The highest BCUT2D eigenvalue weighted by atomic mass is 16.5. The van der Waals surface area contributed by atoms with Crippen molar-refractivity contribution in [2.45, 2.75) is 13.5 Å². The molecule has 0 bridgehead atoms. The van der Waals surface area contributed by atoms with Gasteiger partial charge >= 0.3 is 0 Å². The lowest BCUT2D eigenvalue weighted by molar-refractivity contribution is 0.0670. The van der Waals surface area contributed by atoms with E-state index in [-0.39, 0.29) is 0 Å². The number of imidazole rings is 1. The predicted molar refractivity (Wildman–Crippen MR) is 68.3 cm³/mol. The molecule has 0 aliphatic carbocycles. The quantitative estimate of drug-likeness (QED) is 0.750. The van der Waals surface area contributed by atoms with Crippen molar-refractivity contribution in [1.82, 2.24) is 19.3 Å². The molecule has 7 nitrogen and oxygen atoms in total. The molecular formula is C11H19N5O2. The van der Waals surface area contributed by atoms with Crippen molar-refractivity contribution in [2.75, 3.05) is 32.7 Å². The van der Waals surface area contributed by atoms with Gasteiger partial charge in [0.25, 0.3) is 0 Å². The van der Waals surface area contributed by atoms with Crippen LogP contribution in [0.4, 0.5) is 5.95 Å². The Morgan fingerprint density at radius 1 is 1.28 bits per heavy atom. The lowest BCUT2D eigenvalue weighted by Gasteiger charge is -2.07. The van der Waals surface area contributed by atoms with E-state index in [0.717, 1.165) is 16.9 Å². The molecule has 0 amide bonds. The van der Waals surface area contributed by atoms with Crippen LogP contribution in [0.25, 0.3) is 11.2 Å². The standard InChI is InChI=1S/C11H19N5O2/c1-8-9-10(15(2)14-8)16(11(12)13-9)4-5-18-7-6-17-3/h4-7H2,1-3H3,(H2,12,13). The fraction of sp³-hybridized carbons (Fsp3) is 0.636. The first kappa shape index (κ1) is 12.8. The second-order valence-corrected chi connectivity index (χ2v) is 4.11. The maximum atomic E-state index is 5.91. The summed E-state index contributed by atoms with van der Waals surface area (Å²) in [6, 6.07) is 0. The summed E-state index contributed by atoms with van der Waals surface area (Å²) in [4.78, 5) is 4.33. The first-order chi connectivity index (χ1) is 8.65. The summed E-state index contributed by atoms with van der Waals surface area (Å²) >= 11 is 0. The summed E-state index contributed by atoms with van der Waals surface area (Å²) < 4.78 is 14.1. The smallest absolute Gasteiger partial charge is 0.202 e. The number of anilines is 1. The lowest BCUT2D eigenvalue weighted by atomic mass is 10.4. The number of aromatic nitrogens is 4. The molecule has 0 saturated heterocycles. The van der Waals surface area contributed by atoms with Crippen LogP contribution in [0, 0.1) is 6.92 Å². The number of nitrogens with two attached hydrogens (primary N) is 1. The van der Waals surface area contributed by atoms with Crippen LogP contribution in [0.2, 0.25) is 0 Å². The van der Waals surface area contributed by atoms with Gasteiger partial charge in [-0.25, -0.2) is 4.98 Å². The van der Waals surface area contributed by atoms with Gasteiger partial charge in [-0.1, -0.05) is 0 Å². The average molecular weight is 253 g/mol. The second-order valence-electron chi connectivity index (χ2n) is 4.11. The van der Waals surface area contributed by atoms with Crippen molar-refractivity contribution in [3.63, 3.8) is 0 Å². The van der Waals surface area contributed by atoms with Crippen LogP contribution in [0.15, 0.2) is 0 Å². The number of hydrogen-bond acceptors (Lipinski definition) is 5. The number of methoxy groups -OCH3 is 1. The molecule has 0 atom stereocenters.